The molecule has 9 heteroatoms. The van der Waals surface area contributed by atoms with Gasteiger partial charge in [-0.3, -0.25) is 30.6 Å². The van der Waals surface area contributed by atoms with Crippen molar-refractivity contribution >= 4 is 17.5 Å². The van der Waals surface area contributed by atoms with Gasteiger partial charge in [-0.05, 0) is 45.0 Å². The van der Waals surface area contributed by atoms with Crippen molar-refractivity contribution in [3.63, 3.8) is 0 Å². The number of nitrogens with one attached hydrogen (secondary N) is 2. The number of rotatable bonds is 4. The number of nitro groups is 1. The number of benzene rings is 2. The Balaban J connectivity index is 1.78. The second kappa shape index (κ2) is 8.16. The van der Waals surface area contributed by atoms with Crippen LogP contribution in [-0.4, -0.2) is 21.3 Å². The van der Waals surface area contributed by atoms with Crippen molar-refractivity contribution in [3.05, 3.63) is 92.5 Å². The predicted molar refractivity (Wildman–Crippen MR) is 108 cm³/mol. The monoisotopic (exact) mass is 410 g/mol. The summed E-state index contributed by atoms with van der Waals surface area (Å²) in [6.07, 6.45) is 0. The first-order valence-electron chi connectivity index (χ1n) is 9.00. The molecule has 1 heterocycles. The van der Waals surface area contributed by atoms with Gasteiger partial charge in [-0.15, -0.1) is 0 Å². The third-order valence-electron chi connectivity index (χ3n) is 4.76. The van der Waals surface area contributed by atoms with E-state index in [0.29, 0.717) is 11.3 Å². The lowest BCUT2D eigenvalue weighted by atomic mass is 10.1. The fourth-order valence-corrected chi connectivity index (χ4v) is 3.21. The highest BCUT2D eigenvalue weighted by Gasteiger charge is 2.21. The van der Waals surface area contributed by atoms with Gasteiger partial charge in [0.1, 0.15) is 5.82 Å². The fraction of sp³-hybridized carbons (Fsp3) is 0.143. The zero-order valence-electron chi connectivity index (χ0n) is 16.5. The Bertz CT molecular complexity index is 1160. The molecule has 2 N–H and O–H groups in total. The number of aromatic nitrogens is 1. The van der Waals surface area contributed by atoms with Crippen LogP contribution in [0, 0.1) is 36.7 Å². The van der Waals surface area contributed by atoms with Gasteiger partial charge >= 0.3 is 0 Å². The van der Waals surface area contributed by atoms with Crippen LogP contribution in [0.4, 0.5) is 10.1 Å². The average Bonchev–Trinajstić information content (AvgIpc) is 3.02. The Morgan fingerprint density at radius 3 is 2.27 bits per heavy atom. The van der Waals surface area contributed by atoms with Gasteiger partial charge in [0.15, 0.2) is 0 Å². The summed E-state index contributed by atoms with van der Waals surface area (Å²) in [5.74, 6) is -2.32. The van der Waals surface area contributed by atoms with E-state index >= 15 is 0 Å². The molecule has 0 bridgehead atoms. The normalized spacial score (nSPS) is 10.5. The molecule has 0 fully saturated rings. The van der Waals surface area contributed by atoms with Crippen LogP contribution in [0.15, 0.2) is 48.5 Å². The number of halogens is 1. The number of carbonyl (C=O) groups excluding carboxylic acids is 2. The summed E-state index contributed by atoms with van der Waals surface area (Å²) in [4.78, 5) is 35.1. The van der Waals surface area contributed by atoms with Crippen LogP contribution in [0.1, 0.15) is 37.7 Å². The SMILES string of the molecule is Cc1c(F)cc(C(=O)NNC(=O)c2cc(C)n(-c3ccccc3)c2C)cc1[N+](=O)[O-]. The summed E-state index contributed by atoms with van der Waals surface area (Å²) >= 11 is 0. The first-order valence-corrected chi connectivity index (χ1v) is 9.00. The quantitative estimate of drug-likeness (QED) is 0.507. The van der Waals surface area contributed by atoms with Crippen LogP contribution in [0.5, 0.6) is 0 Å². The lowest BCUT2D eigenvalue weighted by Crippen LogP contribution is -2.41. The van der Waals surface area contributed by atoms with Crippen molar-refractivity contribution in [3.8, 4) is 5.69 Å². The molecular weight excluding hydrogens is 391 g/mol. The molecule has 0 aliphatic heterocycles. The van der Waals surface area contributed by atoms with Crippen molar-refractivity contribution in [2.45, 2.75) is 20.8 Å². The minimum atomic E-state index is -0.882. The zero-order valence-corrected chi connectivity index (χ0v) is 16.5. The Morgan fingerprint density at radius 2 is 1.63 bits per heavy atom. The van der Waals surface area contributed by atoms with Crippen molar-refractivity contribution in [1.82, 2.24) is 15.4 Å². The van der Waals surface area contributed by atoms with Crippen LogP contribution in [-0.2, 0) is 0 Å². The molecule has 1 aromatic heterocycles. The van der Waals surface area contributed by atoms with Crippen molar-refractivity contribution < 1.29 is 18.9 Å². The van der Waals surface area contributed by atoms with Gasteiger partial charge in [0, 0.05) is 23.1 Å². The summed E-state index contributed by atoms with van der Waals surface area (Å²) in [7, 11) is 0. The number of hydrazine groups is 1. The topological polar surface area (TPSA) is 106 Å². The first-order chi connectivity index (χ1) is 14.2. The number of para-hydroxylation sites is 1. The molecule has 0 unspecified atom stereocenters. The summed E-state index contributed by atoms with van der Waals surface area (Å²) in [5, 5.41) is 11.0. The summed E-state index contributed by atoms with van der Waals surface area (Å²) in [6, 6.07) is 13.0. The highest BCUT2D eigenvalue weighted by atomic mass is 19.1. The van der Waals surface area contributed by atoms with E-state index in [2.05, 4.69) is 10.9 Å². The van der Waals surface area contributed by atoms with Crippen LogP contribution in [0.3, 0.4) is 0 Å². The highest BCUT2D eigenvalue weighted by molar-refractivity contribution is 6.00. The molecule has 30 heavy (non-hydrogen) atoms. The molecule has 2 amide bonds. The van der Waals surface area contributed by atoms with E-state index < -0.39 is 28.2 Å². The molecule has 154 valence electrons. The number of nitrogens with zero attached hydrogens (tertiary/aromatic N) is 2. The molecule has 0 radical (unpaired) electrons. The van der Waals surface area contributed by atoms with Crippen LogP contribution >= 0.6 is 0 Å². The van der Waals surface area contributed by atoms with E-state index in [0.717, 1.165) is 23.5 Å². The maximum absolute atomic E-state index is 13.9. The van der Waals surface area contributed by atoms with Crippen molar-refractivity contribution in [2.75, 3.05) is 0 Å². The minimum Gasteiger partial charge on any atom is -0.318 e. The maximum Gasteiger partial charge on any atom is 0.276 e. The third kappa shape index (κ3) is 3.90. The smallest absolute Gasteiger partial charge is 0.276 e. The molecule has 0 atom stereocenters. The Hall–Kier alpha value is -4.01. The van der Waals surface area contributed by atoms with Gasteiger partial charge in [0.2, 0.25) is 0 Å². The van der Waals surface area contributed by atoms with Crippen LogP contribution < -0.4 is 10.9 Å². The molecule has 2 aromatic carbocycles. The van der Waals surface area contributed by atoms with Crippen LogP contribution in [0.2, 0.25) is 0 Å². The Labute approximate surface area is 171 Å². The number of hydrogen-bond acceptors (Lipinski definition) is 4. The molecule has 8 nitrogen and oxygen atoms in total. The number of hydrogen-bond donors (Lipinski definition) is 2. The molecular formula is C21H19FN4O4. The van der Waals surface area contributed by atoms with E-state index in [9.17, 15) is 24.1 Å². The van der Waals surface area contributed by atoms with Crippen molar-refractivity contribution in [1.29, 1.82) is 0 Å². The van der Waals surface area contributed by atoms with Crippen molar-refractivity contribution in [2.24, 2.45) is 0 Å². The van der Waals surface area contributed by atoms with E-state index in [4.69, 9.17) is 0 Å². The predicted octanol–water partition coefficient (Wildman–Crippen LogP) is 3.52. The van der Waals surface area contributed by atoms with Gasteiger partial charge in [-0.1, -0.05) is 18.2 Å². The molecule has 0 saturated carbocycles. The summed E-state index contributed by atoms with van der Waals surface area (Å²) in [6.45, 7) is 4.87. The second-order valence-electron chi connectivity index (χ2n) is 6.72. The second-order valence-corrected chi connectivity index (χ2v) is 6.72. The van der Waals surface area contributed by atoms with E-state index in [1.165, 1.54) is 6.92 Å². The fourth-order valence-electron chi connectivity index (χ4n) is 3.21. The molecule has 0 spiro atoms. The Kier molecular flexibility index (Phi) is 5.63. The van der Waals surface area contributed by atoms with Gasteiger partial charge in [-0.2, -0.15) is 0 Å². The maximum atomic E-state index is 13.9. The number of nitro benzene ring substituents is 1. The number of carbonyl (C=O) groups is 2. The lowest BCUT2D eigenvalue weighted by Gasteiger charge is -2.10. The average molecular weight is 410 g/mol. The van der Waals surface area contributed by atoms with Gasteiger partial charge < -0.3 is 4.57 Å². The van der Waals surface area contributed by atoms with Gasteiger partial charge in [0.25, 0.3) is 17.5 Å². The standard InChI is InChI=1S/C21H19FN4O4/c1-12-9-17(14(3)25(12)16-7-5-4-6-8-16)21(28)24-23-20(27)15-10-18(22)13(2)19(11-15)26(29)30/h4-11H,1-3H3,(H,23,27)(H,24,28). The van der Waals surface area contributed by atoms with Gasteiger partial charge in [-0.25, -0.2) is 4.39 Å². The Morgan fingerprint density at radius 1 is 1.00 bits per heavy atom. The molecule has 0 aliphatic carbocycles. The first kappa shape index (κ1) is 20.7. The minimum absolute atomic E-state index is 0.172. The summed E-state index contributed by atoms with van der Waals surface area (Å²) in [5.41, 5.74) is 6.20. The number of amides is 2. The number of aryl methyl sites for hydroxylation is 1. The summed E-state index contributed by atoms with van der Waals surface area (Å²) < 4.78 is 15.8. The van der Waals surface area contributed by atoms with E-state index in [-0.39, 0.29) is 11.1 Å². The van der Waals surface area contributed by atoms with Gasteiger partial charge in [0.05, 0.1) is 21.6 Å². The lowest BCUT2D eigenvalue weighted by molar-refractivity contribution is -0.385. The molecule has 3 aromatic rings. The van der Waals surface area contributed by atoms with E-state index in [1.54, 1.807) is 13.0 Å². The zero-order chi connectivity index (χ0) is 22.0. The molecule has 3 rings (SSSR count). The largest absolute Gasteiger partial charge is 0.318 e. The molecule has 0 saturated heterocycles. The third-order valence-corrected chi connectivity index (χ3v) is 4.76. The highest BCUT2D eigenvalue weighted by Crippen LogP contribution is 2.23. The molecule has 0 aliphatic rings. The van der Waals surface area contributed by atoms with E-state index in [1.807, 2.05) is 41.8 Å². The van der Waals surface area contributed by atoms with Crippen LogP contribution in [0.25, 0.3) is 5.69 Å².